The highest BCUT2D eigenvalue weighted by molar-refractivity contribution is 7.12. The number of carbonyl (C=O) groups excluding carboxylic acids is 1. The zero-order valence-electron chi connectivity index (χ0n) is 11.6. The molecule has 2 N–H and O–H groups in total. The molecule has 0 aromatic carbocycles. The van der Waals surface area contributed by atoms with Crippen LogP contribution in [0.5, 0.6) is 11.8 Å². The first-order valence-electron chi connectivity index (χ1n) is 6.53. The van der Waals surface area contributed by atoms with Crippen LogP contribution in [0.3, 0.4) is 0 Å². The highest BCUT2D eigenvalue weighted by atomic mass is 32.1. The lowest BCUT2D eigenvalue weighted by molar-refractivity contribution is 0.104. The minimum absolute atomic E-state index is 0.0149. The average Bonchev–Trinajstić information content (AvgIpc) is 3.04. The number of aromatic nitrogens is 2. The molecule has 0 spiro atoms. The number of aromatic amines is 1. The van der Waals surface area contributed by atoms with Gasteiger partial charge in [0.1, 0.15) is 11.1 Å². The zero-order valence-corrected chi connectivity index (χ0v) is 12.4. The van der Waals surface area contributed by atoms with Crippen LogP contribution in [0.25, 0.3) is 11.0 Å². The molecular formula is C15H14N2O3S. The maximum atomic E-state index is 12.5. The third-order valence-electron chi connectivity index (χ3n) is 2.92. The van der Waals surface area contributed by atoms with Gasteiger partial charge >= 0.3 is 0 Å². The Morgan fingerprint density at radius 3 is 2.86 bits per heavy atom. The van der Waals surface area contributed by atoms with Gasteiger partial charge in [-0.1, -0.05) is 6.07 Å². The summed E-state index contributed by atoms with van der Waals surface area (Å²) in [4.78, 5) is 20.2. The number of rotatable bonds is 4. The fourth-order valence-electron chi connectivity index (χ4n) is 2.09. The van der Waals surface area contributed by atoms with E-state index < -0.39 is 0 Å². The molecule has 3 rings (SSSR count). The van der Waals surface area contributed by atoms with E-state index in [0.29, 0.717) is 21.8 Å². The van der Waals surface area contributed by atoms with Gasteiger partial charge in [-0.05, 0) is 31.4 Å². The van der Waals surface area contributed by atoms with E-state index >= 15 is 0 Å². The number of H-pyrrole nitrogens is 1. The molecule has 6 heteroatoms. The summed E-state index contributed by atoms with van der Waals surface area (Å²) in [6, 6.07) is 6.97. The van der Waals surface area contributed by atoms with E-state index in [4.69, 9.17) is 4.74 Å². The Morgan fingerprint density at radius 2 is 2.19 bits per heavy atom. The number of aromatic hydroxyl groups is 1. The van der Waals surface area contributed by atoms with Crippen molar-refractivity contribution < 1.29 is 14.6 Å². The highest BCUT2D eigenvalue weighted by Crippen LogP contribution is 2.30. The van der Waals surface area contributed by atoms with E-state index in [1.165, 1.54) is 11.3 Å². The third-order valence-corrected chi connectivity index (χ3v) is 3.79. The van der Waals surface area contributed by atoms with Gasteiger partial charge in [-0.15, -0.1) is 11.3 Å². The van der Waals surface area contributed by atoms with Gasteiger partial charge in [-0.3, -0.25) is 4.79 Å². The van der Waals surface area contributed by atoms with Crippen LogP contribution >= 0.6 is 11.3 Å². The van der Waals surface area contributed by atoms with Gasteiger partial charge < -0.3 is 14.8 Å². The van der Waals surface area contributed by atoms with Crippen LogP contribution in [0, 0.1) is 0 Å². The topological polar surface area (TPSA) is 75.2 Å². The number of nitrogens with one attached hydrogen (secondary N) is 1. The summed E-state index contributed by atoms with van der Waals surface area (Å²) in [5.74, 6) is 0.0114. The number of fused-ring (bicyclic) bond motifs is 1. The number of hydrogen-bond acceptors (Lipinski definition) is 5. The lowest BCUT2D eigenvalue weighted by Crippen LogP contribution is -2.07. The van der Waals surface area contributed by atoms with E-state index in [9.17, 15) is 9.90 Å². The molecule has 0 aliphatic heterocycles. The van der Waals surface area contributed by atoms with E-state index in [1.807, 2.05) is 19.2 Å². The molecule has 3 aromatic rings. The fraction of sp³-hybridized carbons (Fsp3) is 0.200. The van der Waals surface area contributed by atoms with Gasteiger partial charge in [0.15, 0.2) is 0 Å². The van der Waals surface area contributed by atoms with Crippen molar-refractivity contribution in [3.63, 3.8) is 0 Å². The Hall–Kier alpha value is -2.34. The molecule has 0 unspecified atom stereocenters. The largest absolute Gasteiger partial charge is 0.494 e. The Morgan fingerprint density at radius 1 is 1.38 bits per heavy atom. The first-order chi connectivity index (χ1) is 10.1. The highest BCUT2D eigenvalue weighted by Gasteiger charge is 2.22. The molecule has 0 radical (unpaired) electrons. The second kappa shape index (κ2) is 5.21. The minimum Gasteiger partial charge on any atom is -0.494 e. The van der Waals surface area contributed by atoms with Crippen molar-refractivity contribution in [3.8, 4) is 11.8 Å². The Kier molecular flexibility index (Phi) is 3.39. The number of nitrogens with zero attached hydrogens (tertiary/aromatic N) is 1. The standard InChI is InChI=1S/C15H14N2O3S/c1-8(2)20-11-6-5-9-13(17-11)12(15(19)16-9)14(18)10-4-3-7-21-10/h3-8,16,19H,1-2H3. The van der Waals surface area contributed by atoms with Crippen molar-refractivity contribution in [2.45, 2.75) is 20.0 Å². The van der Waals surface area contributed by atoms with Crippen LogP contribution in [0.4, 0.5) is 0 Å². The Bertz CT molecular complexity index is 791. The molecule has 108 valence electrons. The lowest BCUT2D eigenvalue weighted by atomic mass is 10.1. The van der Waals surface area contributed by atoms with Gasteiger partial charge in [-0.25, -0.2) is 4.98 Å². The Labute approximate surface area is 125 Å². The fourth-order valence-corrected chi connectivity index (χ4v) is 2.76. The van der Waals surface area contributed by atoms with Crippen molar-refractivity contribution >= 4 is 28.2 Å². The van der Waals surface area contributed by atoms with E-state index in [1.54, 1.807) is 24.3 Å². The molecule has 0 aliphatic rings. The predicted octanol–water partition coefficient (Wildman–Crippen LogP) is 3.35. The minimum atomic E-state index is -0.247. The van der Waals surface area contributed by atoms with Gasteiger partial charge in [0.25, 0.3) is 0 Å². The molecule has 0 fully saturated rings. The Balaban J connectivity index is 2.12. The summed E-state index contributed by atoms with van der Waals surface area (Å²) in [5.41, 5.74) is 1.20. The number of pyridine rings is 1. The first-order valence-corrected chi connectivity index (χ1v) is 7.40. The van der Waals surface area contributed by atoms with Crippen LogP contribution < -0.4 is 4.74 Å². The van der Waals surface area contributed by atoms with Crippen LogP contribution in [0.1, 0.15) is 29.1 Å². The number of ether oxygens (including phenoxy) is 1. The van der Waals surface area contributed by atoms with Gasteiger partial charge in [0.2, 0.25) is 17.5 Å². The van der Waals surface area contributed by atoms with Gasteiger partial charge in [0, 0.05) is 6.07 Å². The maximum absolute atomic E-state index is 12.5. The first kappa shape index (κ1) is 13.6. The monoisotopic (exact) mass is 302 g/mol. The SMILES string of the molecule is CC(C)Oc1ccc2[nH]c(O)c(C(=O)c3cccs3)c2n1. The summed E-state index contributed by atoms with van der Waals surface area (Å²) in [5, 5.41) is 11.8. The van der Waals surface area contributed by atoms with Gasteiger partial charge in [-0.2, -0.15) is 0 Å². The number of carbonyl (C=O) groups is 1. The van der Waals surface area contributed by atoms with Crippen LogP contribution in [-0.4, -0.2) is 27.0 Å². The molecule has 21 heavy (non-hydrogen) atoms. The average molecular weight is 302 g/mol. The molecule has 0 saturated heterocycles. The molecular weight excluding hydrogens is 288 g/mol. The third kappa shape index (κ3) is 2.50. The number of ketones is 1. The number of hydrogen-bond donors (Lipinski definition) is 2. The predicted molar refractivity (Wildman–Crippen MR) is 81.3 cm³/mol. The summed E-state index contributed by atoms with van der Waals surface area (Å²) in [7, 11) is 0. The quantitative estimate of drug-likeness (QED) is 0.725. The van der Waals surface area contributed by atoms with Crippen LogP contribution in [0.2, 0.25) is 0 Å². The van der Waals surface area contributed by atoms with E-state index in [2.05, 4.69) is 9.97 Å². The smallest absolute Gasteiger partial charge is 0.214 e. The van der Waals surface area contributed by atoms with Crippen molar-refractivity contribution in [1.29, 1.82) is 0 Å². The van der Waals surface area contributed by atoms with Crippen LogP contribution in [-0.2, 0) is 0 Å². The van der Waals surface area contributed by atoms with E-state index in [0.717, 1.165) is 0 Å². The van der Waals surface area contributed by atoms with Crippen molar-refractivity contribution in [3.05, 3.63) is 40.1 Å². The van der Waals surface area contributed by atoms with Gasteiger partial charge in [0.05, 0.1) is 16.5 Å². The molecule has 0 amide bonds. The molecule has 3 heterocycles. The summed E-state index contributed by atoms with van der Waals surface area (Å²) in [6.45, 7) is 3.80. The van der Waals surface area contributed by atoms with Crippen molar-refractivity contribution in [2.24, 2.45) is 0 Å². The molecule has 0 saturated carbocycles. The molecule has 5 nitrogen and oxygen atoms in total. The second-order valence-corrected chi connectivity index (χ2v) is 5.81. The zero-order chi connectivity index (χ0) is 15.0. The van der Waals surface area contributed by atoms with Crippen molar-refractivity contribution in [2.75, 3.05) is 0 Å². The summed E-state index contributed by atoms with van der Waals surface area (Å²) in [6.07, 6.45) is -0.0149. The van der Waals surface area contributed by atoms with E-state index in [-0.39, 0.29) is 23.3 Å². The number of thiophene rings is 1. The van der Waals surface area contributed by atoms with Crippen molar-refractivity contribution in [1.82, 2.24) is 9.97 Å². The normalized spacial score (nSPS) is 11.2. The molecule has 0 atom stereocenters. The molecule has 3 aromatic heterocycles. The molecule has 0 bridgehead atoms. The lowest BCUT2D eigenvalue weighted by Gasteiger charge is -2.08. The summed E-state index contributed by atoms with van der Waals surface area (Å²) < 4.78 is 5.54. The second-order valence-electron chi connectivity index (χ2n) is 4.87. The molecule has 0 aliphatic carbocycles. The maximum Gasteiger partial charge on any atom is 0.214 e. The summed E-state index contributed by atoms with van der Waals surface area (Å²) >= 11 is 1.33. The van der Waals surface area contributed by atoms with Crippen LogP contribution in [0.15, 0.2) is 29.6 Å².